The van der Waals surface area contributed by atoms with Gasteiger partial charge in [-0.3, -0.25) is 4.79 Å². The summed E-state index contributed by atoms with van der Waals surface area (Å²) in [6, 6.07) is 7.68. The van der Waals surface area contributed by atoms with Gasteiger partial charge in [0.25, 0.3) is 5.91 Å². The van der Waals surface area contributed by atoms with Gasteiger partial charge in [0.2, 0.25) is 0 Å². The summed E-state index contributed by atoms with van der Waals surface area (Å²) in [5.74, 6) is -0.341. The zero-order valence-electron chi connectivity index (χ0n) is 17.3. The van der Waals surface area contributed by atoms with Crippen molar-refractivity contribution in [1.82, 2.24) is 19.9 Å². The topological polar surface area (TPSA) is 62.2 Å². The van der Waals surface area contributed by atoms with Crippen molar-refractivity contribution in [3.05, 3.63) is 71.9 Å². The number of carbonyl (C=O) groups excluding carboxylic acids is 1. The number of alkyl halides is 3. The van der Waals surface area contributed by atoms with Crippen molar-refractivity contribution >= 4 is 11.7 Å². The molecule has 2 aliphatic heterocycles. The second-order valence-electron chi connectivity index (χ2n) is 8.15. The molecule has 2 aromatic heterocycles. The highest BCUT2D eigenvalue weighted by Gasteiger charge is 2.45. The molecule has 2 aliphatic rings. The third-order valence-corrected chi connectivity index (χ3v) is 6.24. The Morgan fingerprint density at radius 2 is 1.79 bits per heavy atom. The molecule has 10 heteroatoms. The van der Waals surface area contributed by atoms with E-state index < -0.39 is 17.6 Å². The van der Waals surface area contributed by atoms with Crippen molar-refractivity contribution in [3.63, 3.8) is 0 Å². The molecule has 1 amide bonds. The van der Waals surface area contributed by atoms with Gasteiger partial charge in [0.1, 0.15) is 11.6 Å². The number of hydrogen-bond acceptors (Lipinski definition) is 5. The lowest BCUT2D eigenvalue weighted by atomic mass is 9.82. The minimum atomic E-state index is -4.45. The second-order valence-corrected chi connectivity index (χ2v) is 8.15. The van der Waals surface area contributed by atoms with E-state index in [1.807, 2.05) is 0 Å². The van der Waals surface area contributed by atoms with E-state index in [9.17, 15) is 22.4 Å². The van der Waals surface area contributed by atoms with Crippen LogP contribution in [0.2, 0.25) is 0 Å². The molecule has 33 heavy (non-hydrogen) atoms. The molecule has 6 nitrogen and oxygen atoms in total. The summed E-state index contributed by atoms with van der Waals surface area (Å²) in [7, 11) is 0. The van der Waals surface area contributed by atoms with E-state index >= 15 is 0 Å². The maximum atomic E-state index is 14.7. The molecule has 0 aliphatic carbocycles. The molecule has 4 heterocycles. The van der Waals surface area contributed by atoms with Gasteiger partial charge in [-0.1, -0.05) is 6.07 Å². The Morgan fingerprint density at radius 1 is 1.00 bits per heavy atom. The first-order valence-corrected chi connectivity index (χ1v) is 10.5. The molecule has 0 bridgehead atoms. The van der Waals surface area contributed by atoms with Gasteiger partial charge in [0.15, 0.2) is 5.82 Å². The van der Waals surface area contributed by atoms with E-state index in [2.05, 4.69) is 15.0 Å². The summed E-state index contributed by atoms with van der Waals surface area (Å²) in [4.78, 5) is 29.1. The first-order valence-electron chi connectivity index (χ1n) is 10.5. The van der Waals surface area contributed by atoms with Gasteiger partial charge in [-0.2, -0.15) is 13.2 Å². The number of piperidine rings is 1. The fraction of sp³-hybridized carbons (Fsp3) is 0.304. The molecule has 1 aromatic carbocycles. The summed E-state index contributed by atoms with van der Waals surface area (Å²) >= 11 is 0. The van der Waals surface area contributed by atoms with Gasteiger partial charge in [0.05, 0.1) is 22.7 Å². The van der Waals surface area contributed by atoms with E-state index in [-0.39, 0.29) is 40.6 Å². The minimum absolute atomic E-state index is 0.0373. The van der Waals surface area contributed by atoms with Crippen LogP contribution in [-0.2, 0) is 6.18 Å². The van der Waals surface area contributed by atoms with Gasteiger partial charge in [-0.25, -0.2) is 19.3 Å². The molecule has 0 unspecified atom stereocenters. The van der Waals surface area contributed by atoms with Crippen LogP contribution in [0.3, 0.4) is 0 Å². The number of benzene rings is 1. The van der Waals surface area contributed by atoms with Crippen molar-refractivity contribution < 1.29 is 22.4 Å². The van der Waals surface area contributed by atoms with E-state index in [0.717, 1.165) is 18.3 Å². The minimum Gasteiger partial charge on any atom is -0.351 e. The van der Waals surface area contributed by atoms with Crippen molar-refractivity contribution in [2.24, 2.45) is 5.92 Å². The van der Waals surface area contributed by atoms with Crippen LogP contribution in [0.25, 0.3) is 11.4 Å². The van der Waals surface area contributed by atoms with E-state index in [1.54, 1.807) is 15.9 Å². The van der Waals surface area contributed by atoms with Gasteiger partial charge < -0.3 is 9.80 Å². The summed E-state index contributed by atoms with van der Waals surface area (Å²) in [6.45, 7) is 1.38. The number of hydrogen-bond donors (Lipinski definition) is 0. The van der Waals surface area contributed by atoms with Crippen LogP contribution >= 0.6 is 0 Å². The Balaban J connectivity index is 1.39. The van der Waals surface area contributed by atoms with Crippen LogP contribution in [-0.4, -0.2) is 51.4 Å². The number of carbonyl (C=O) groups is 1. The molecule has 2 saturated heterocycles. The fourth-order valence-electron chi connectivity index (χ4n) is 4.52. The Bertz CT molecular complexity index is 1190. The smallest absolute Gasteiger partial charge is 0.351 e. The fourth-order valence-corrected chi connectivity index (χ4v) is 4.52. The molecule has 170 valence electrons. The van der Waals surface area contributed by atoms with Crippen LogP contribution in [0.4, 0.5) is 23.4 Å². The van der Waals surface area contributed by atoms with Gasteiger partial charge in [-0.15, -0.1) is 0 Å². The van der Waals surface area contributed by atoms with Gasteiger partial charge >= 0.3 is 6.18 Å². The normalized spacial score (nSPS) is 20.2. The average Bonchev–Trinajstić information content (AvgIpc) is 2.79. The number of nitrogens with zero attached hydrogens (tertiary/aromatic N) is 5. The number of likely N-dealkylation sites (tertiary alicyclic amines) is 1. The maximum absolute atomic E-state index is 14.7. The predicted molar refractivity (Wildman–Crippen MR) is 112 cm³/mol. The van der Waals surface area contributed by atoms with Crippen molar-refractivity contribution in [3.8, 4) is 11.4 Å². The maximum Gasteiger partial charge on any atom is 0.416 e. The van der Waals surface area contributed by atoms with Crippen LogP contribution < -0.4 is 4.90 Å². The monoisotopic (exact) mass is 457 g/mol. The van der Waals surface area contributed by atoms with E-state index in [1.165, 1.54) is 30.6 Å². The van der Waals surface area contributed by atoms with Crippen LogP contribution in [0, 0.1) is 11.7 Å². The number of aromatic nitrogens is 3. The zero-order chi connectivity index (χ0) is 23.2. The number of amides is 1. The third-order valence-electron chi connectivity index (χ3n) is 6.24. The van der Waals surface area contributed by atoms with Crippen molar-refractivity contribution in [2.75, 3.05) is 24.5 Å². The summed E-state index contributed by atoms with van der Waals surface area (Å²) < 4.78 is 54.0. The van der Waals surface area contributed by atoms with Gasteiger partial charge in [0, 0.05) is 44.1 Å². The first kappa shape index (κ1) is 21.3. The number of pyridine rings is 1. The molecule has 3 aromatic rings. The largest absolute Gasteiger partial charge is 0.416 e. The molecule has 0 spiro atoms. The second kappa shape index (κ2) is 8.09. The van der Waals surface area contributed by atoms with Crippen LogP contribution in [0.1, 0.15) is 22.3 Å². The summed E-state index contributed by atoms with van der Waals surface area (Å²) in [6.07, 6.45) is 0.351. The third kappa shape index (κ3) is 3.90. The predicted octanol–water partition coefficient (Wildman–Crippen LogP) is 4.05. The Kier molecular flexibility index (Phi) is 5.22. The summed E-state index contributed by atoms with van der Waals surface area (Å²) in [5, 5.41) is 0. The van der Waals surface area contributed by atoms with Crippen molar-refractivity contribution in [2.45, 2.75) is 18.6 Å². The standard InChI is InChI=1S/C23H19F4N5O/c24-17-4-1-3-16(20(17)21-29-7-2-8-30-21)22(33)31-10-6-14-12-32(18(14)13-31)19-11-15(5-9-28-19)23(25,26)27/h1-5,7-9,11,14,18H,6,10,12-13H2/t14-,18-/m0/s1. The zero-order valence-corrected chi connectivity index (χ0v) is 17.3. The molecular formula is C23H19F4N5O. The first-order chi connectivity index (χ1) is 15.8. The highest BCUT2D eigenvalue weighted by Crippen LogP contribution is 2.38. The highest BCUT2D eigenvalue weighted by molar-refractivity contribution is 6.00. The summed E-state index contributed by atoms with van der Waals surface area (Å²) in [5.41, 5.74) is -0.565. The molecule has 0 N–H and O–H groups in total. The van der Waals surface area contributed by atoms with Crippen LogP contribution in [0.15, 0.2) is 55.0 Å². The van der Waals surface area contributed by atoms with E-state index in [4.69, 9.17) is 0 Å². The Morgan fingerprint density at radius 3 is 2.55 bits per heavy atom. The van der Waals surface area contributed by atoms with Crippen molar-refractivity contribution in [1.29, 1.82) is 0 Å². The molecule has 0 saturated carbocycles. The quantitative estimate of drug-likeness (QED) is 0.556. The number of anilines is 1. The lowest BCUT2D eigenvalue weighted by Crippen LogP contribution is -2.65. The van der Waals surface area contributed by atoms with Crippen LogP contribution in [0.5, 0.6) is 0 Å². The molecular weight excluding hydrogens is 438 g/mol. The number of fused-ring (bicyclic) bond motifs is 1. The van der Waals surface area contributed by atoms with E-state index in [0.29, 0.717) is 26.1 Å². The number of halogens is 4. The average molecular weight is 457 g/mol. The molecule has 2 atom stereocenters. The molecule has 2 fully saturated rings. The Hall–Kier alpha value is -3.56. The lowest BCUT2D eigenvalue weighted by Gasteiger charge is -2.54. The SMILES string of the molecule is O=C(c1cccc(F)c1-c1ncccn1)N1CC[C@H]2CN(c3cc(C(F)(F)F)ccn3)[C@H]2C1. The lowest BCUT2D eigenvalue weighted by molar-refractivity contribution is -0.137. The molecule has 5 rings (SSSR count). The van der Waals surface area contributed by atoms with Gasteiger partial charge in [-0.05, 0) is 36.8 Å². The highest BCUT2D eigenvalue weighted by atomic mass is 19.4. The molecule has 0 radical (unpaired) electrons. The Labute approximate surface area is 186 Å². The number of rotatable bonds is 3.